The second kappa shape index (κ2) is 8.91. The van der Waals surface area contributed by atoms with Crippen LogP contribution in [0.25, 0.3) is 0 Å². The van der Waals surface area contributed by atoms with E-state index in [1.807, 2.05) is 0 Å². The number of benzene rings is 1. The van der Waals surface area contributed by atoms with Crippen molar-refractivity contribution in [1.82, 2.24) is 5.32 Å². The molecule has 1 aliphatic rings. The molecule has 1 saturated heterocycles. The van der Waals surface area contributed by atoms with Crippen LogP contribution in [0.3, 0.4) is 0 Å². The Bertz CT molecular complexity index is 450. The van der Waals surface area contributed by atoms with Crippen LogP contribution in [-0.4, -0.2) is 31.3 Å². The quantitative estimate of drug-likeness (QED) is 0.738. The minimum Gasteiger partial charge on any atom is -0.493 e. The number of methoxy groups -OCH3 is 1. The number of hydrogen-bond donors (Lipinski definition) is 1. The zero-order chi connectivity index (χ0) is 15.1. The Morgan fingerprint density at radius 2 is 2.29 bits per heavy atom. The van der Waals surface area contributed by atoms with Gasteiger partial charge in [-0.3, -0.25) is 0 Å². The molecule has 1 aromatic rings. The summed E-state index contributed by atoms with van der Waals surface area (Å²) < 4.78 is 12.2. The van der Waals surface area contributed by atoms with Gasteiger partial charge in [0.1, 0.15) is 0 Å². The molecule has 21 heavy (non-hydrogen) atoms. The van der Waals surface area contributed by atoms with Gasteiger partial charge in [0.2, 0.25) is 0 Å². The molecule has 5 heteroatoms. The topological polar surface area (TPSA) is 30.5 Å². The van der Waals surface area contributed by atoms with Crippen molar-refractivity contribution in [2.24, 2.45) is 0 Å². The molecule has 0 saturated carbocycles. The van der Waals surface area contributed by atoms with E-state index in [1.165, 1.54) is 24.2 Å². The highest BCUT2D eigenvalue weighted by atomic mass is 79.9. The molecule has 0 radical (unpaired) electrons. The van der Waals surface area contributed by atoms with Gasteiger partial charge in [0.05, 0.1) is 18.2 Å². The molecule has 0 spiro atoms. The lowest BCUT2D eigenvalue weighted by Gasteiger charge is -2.15. The smallest absolute Gasteiger partial charge is 0.175 e. The fraction of sp³-hybridized carbons (Fsp3) is 0.625. The first-order valence-corrected chi connectivity index (χ1v) is 9.40. The summed E-state index contributed by atoms with van der Waals surface area (Å²) in [5.74, 6) is 2.91. The van der Waals surface area contributed by atoms with Crippen LogP contribution in [0, 0.1) is 0 Å². The summed E-state index contributed by atoms with van der Waals surface area (Å²) in [5.41, 5.74) is 1.21. The van der Waals surface area contributed by atoms with Crippen molar-refractivity contribution in [2.75, 3.05) is 26.0 Å². The third-order valence-electron chi connectivity index (χ3n) is 3.46. The Hall–Kier alpha value is -0.390. The highest BCUT2D eigenvalue weighted by Gasteiger charge is 2.15. The Balaban J connectivity index is 1.94. The molecule has 1 atom stereocenters. The van der Waals surface area contributed by atoms with Gasteiger partial charge in [0.25, 0.3) is 0 Å². The summed E-state index contributed by atoms with van der Waals surface area (Å²) >= 11 is 5.67. The number of nitrogens with one attached hydrogen (secondary N) is 1. The zero-order valence-corrected chi connectivity index (χ0v) is 15.2. The molecule has 2 rings (SSSR count). The van der Waals surface area contributed by atoms with Crippen molar-refractivity contribution < 1.29 is 9.47 Å². The number of rotatable bonds is 8. The van der Waals surface area contributed by atoms with Crippen LogP contribution in [0.1, 0.15) is 31.7 Å². The Kier molecular flexibility index (Phi) is 7.20. The van der Waals surface area contributed by atoms with Gasteiger partial charge in [-0.05, 0) is 58.6 Å². The maximum atomic E-state index is 5.75. The van der Waals surface area contributed by atoms with E-state index in [1.54, 1.807) is 7.11 Å². The summed E-state index contributed by atoms with van der Waals surface area (Å²) in [6.45, 7) is 4.74. The largest absolute Gasteiger partial charge is 0.493 e. The maximum Gasteiger partial charge on any atom is 0.175 e. The minimum atomic E-state index is 0.700. The van der Waals surface area contributed by atoms with E-state index in [4.69, 9.17) is 9.47 Å². The summed E-state index contributed by atoms with van der Waals surface area (Å²) in [6.07, 6.45) is 3.69. The van der Waals surface area contributed by atoms with Gasteiger partial charge in [0.15, 0.2) is 11.5 Å². The lowest BCUT2D eigenvalue weighted by Crippen LogP contribution is -2.22. The second-order valence-electron chi connectivity index (χ2n) is 5.22. The van der Waals surface area contributed by atoms with E-state index in [-0.39, 0.29) is 0 Å². The molecule has 118 valence electrons. The number of halogens is 1. The molecule has 3 nitrogen and oxygen atoms in total. The fourth-order valence-electron chi connectivity index (χ4n) is 2.40. The van der Waals surface area contributed by atoms with Crippen LogP contribution in [0.5, 0.6) is 11.5 Å². The Labute approximate surface area is 140 Å². The highest BCUT2D eigenvalue weighted by Crippen LogP contribution is 2.36. The van der Waals surface area contributed by atoms with E-state index in [2.05, 4.69) is 52.1 Å². The van der Waals surface area contributed by atoms with Gasteiger partial charge < -0.3 is 14.8 Å². The minimum absolute atomic E-state index is 0.700. The first-order chi connectivity index (χ1) is 10.2. The van der Waals surface area contributed by atoms with Gasteiger partial charge in [-0.2, -0.15) is 11.8 Å². The zero-order valence-electron chi connectivity index (χ0n) is 12.8. The molecular formula is C16H24BrNO2S. The van der Waals surface area contributed by atoms with Crippen LogP contribution in [0.15, 0.2) is 16.6 Å². The predicted molar refractivity (Wildman–Crippen MR) is 93.7 cm³/mol. The van der Waals surface area contributed by atoms with E-state index >= 15 is 0 Å². The number of thioether (sulfide) groups is 1. The molecule has 1 heterocycles. The molecule has 1 fully saturated rings. The maximum absolute atomic E-state index is 5.75. The molecule has 1 N–H and O–H groups in total. The lowest BCUT2D eigenvalue weighted by atomic mass is 10.2. The monoisotopic (exact) mass is 373 g/mol. The molecule has 0 bridgehead atoms. The van der Waals surface area contributed by atoms with Gasteiger partial charge >= 0.3 is 0 Å². The Morgan fingerprint density at radius 1 is 1.43 bits per heavy atom. The average molecular weight is 374 g/mol. The lowest BCUT2D eigenvalue weighted by molar-refractivity contribution is 0.292. The summed E-state index contributed by atoms with van der Waals surface area (Å²) in [7, 11) is 1.69. The normalized spacial score (nSPS) is 18.0. The predicted octanol–water partition coefficient (Wildman–Crippen LogP) is 4.23. The number of ether oxygens (including phenoxy) is 2. The summed E-state index contributed by atoms with van der Waals surface area (Å²) in [5, 5.41) is 4.33. The molecule has 0 amide bonds. The van der Waals surface area contributed by atoms with Crippen LogP contribution in [0.4, 0.5) is 0 Å². The van der Waals surface area contributed by atoms with Crippen molar-refractivity contribution in [1.29, 1.82) is 0 Å². The van der Waals surface area contributed by atoms with E-state index in [9.17, 15) is 0 Å². The second-order valence-corrected chi connectivity index (χ2v) is 7.49. The Morgan fingerprint density at radius 3 is 2.95 bits per heavy atom. The standard InChI is InChI=1S/C16H24BrNO2S/c1-3-6-20-16-14(17)8-12(9-15(16)19-2)10-18-11-13-5-4-7-21-13/h8-9,13,18H,3-7,10-11H2,1-2H3. The van der Waals surface area contributed by atoms with E-state index < -0.39 is 0 Å². The van der Waals surface area contributed by atoms with Crippen molar-refractivity contribution in [3.63, 3.8) is 0 Å². The van der Waals surface area contributed by atoms with Crippen LogP contribution in [-0.2, 0) is 6.54 Å². The van der Waals surface area contributed by atoms with Gasteiger partial charge in [0, 0.05) is 18.3 Å². The molecule has 0 aromatic heterocycles. The molecule has 0 aliphatic carbocycles. The van der Waals surface area contributed by atoms with E-state index in [0.29, 0.717) is 6.61 Å². The first kappa shape index (κ1) is 17.0. The third-order valence-corrected chi connectivity index (χ3v) is 5.45. The molecule has 1 aromatic carbocycles. The molecule has 1 aliphatic heterocycles. The SMILES string of the molecule is CCCOc1c(Br)cc(CNCC2CCCS2)cc1OC. The highest BCUT2D eigenvalue weighted by molar-refractivity contribution is 9.10. The fourth-order valence-corrected chi connectivity index (χ4v) is 4.24. The third kappa shape index (κ3) is 5.08. The van der Waals surface area contributed by atoms with Gasteiger partial charge in [-0.1, -0.05) is 6.92 Å². The molecular weight excluding hydrogens is 350 g/mol. The summed E-state index contributed by atoms with van der Waals surface area (Å²) in [4.78, 5) is 0. The van der Waals surface area contributed by atoms with Crippen LogP contribution >= 0.6 is 27.7 Å². The molecule has 1 unspecified atom stereocenters. The van der Waals surface area contributed by atoms with Gasteiger partial charge in [-0.25, -0.2) is 0 Å². The first-order valence-electron chi connectivity index (χ1n) is 7.56. The van der Waals surface area contributed by atoms with Crippen molar-refractivity contribution in [2.45, 2.75) is 38.0 Å². The van der Waals surface area contributed by atoms with Crippen LogP contribution in [0.2, 0.25) is 0 Å². The van der Waals surface area contributed by atoms with Crippen LogP contribution < -0.4 is 14.8 Å². The van der Waals surface area contributed by atoms with Crippen molar-refractivity contribution in [3.05, 3.63) is 22.2 Å². The van der Waals surface area contributed by atoms with Crippen molar-refractivity contribution in [3.8, 4) is 11.5 Å². The number of hydrogen-bond acceptors (Lipinski definition) is 4. The van der Waals surface area contributed by atoms with Gasteiger partial charge in [-0.15, -0.1) is 0 Å². The summed E-state index contributed by atoms with van der Waals surface area (Å²) in [6, 6.07) is 4.17. The van der Waals surface area contributed by atoms with Crippen molar-refractivity contribution >= 4 is 27.7 Å². The average Bonchev–Trinajstić information content (AvgIpc) is 2.99. The van der Waals surface area contributed by atoms with E-state index in [0.717, 1.165) is 40.7 Å².